The predicted octanol–water partition coefficient (Wildman–Crippen LogP) is 6.42. The Morgan fingerprint density at radius 1 is 0.900 bits per heavy atom. The highest BCUT2D eigenvalue weighted by atomic mass is 35.5. The van der Waals surface area contributed by atoms with Gasteiger partial charge in [0.2, 0.25) is 0 Å². The molecule has 0 atom stereocenters. The maximum atomic E-state index is 6.13. The van der Waals surface area contributed by atoms with Gasteiger partial charge in [0.1, 0.15) is 5.75 Å². The summed E-state index contributed by atoms with van der Waals surface area (Å²) in [5.41, 5.74) is 1.32. The molecule has 1 nitrogen and oxygen atoms in total. The van der Waals surface area contributed by atoms with Gasteiger partial charge in [-0.25, -0.2) is 0 Å². The SMILES string of the molecule is CCCCCCCCCCCc1ccc(OC)c(Cl)c1. The number of methoxy groups -OCH3 is 1. The Morgan fingerprint density at radius 2 is 1.50 bits per heavy atom. The molecule has 0 spiro atoms. The van der Waals surface area contributed by atoms with Gasteiger partial charge in [-0.15, -0.1) is 0 Å². The maximum Gasteiger partial charge on any atom is 0.137 e. The average Bonchev–Trinajstić information content (AvgIpc) is 2.46. The predicted molar refractivity (Wildman–Crippen MR) is 88.9 cm³/mol. The highest BCUT2D eigenvalue weighted by molar-refractivity contribution is 6.32. The average molecular weight is 297 g/mol. The number of ether oxygens (including phenoxy) is 1. The molecule has 0 saturated heterocycles. The van der Waals surface area contributed by atoms with Crippen LogP contribution in [0.1, 0.15) is 70.3 Å². The minimum Gasteiger partial charge on any atom is -0.495 e. The first-order chi connectivity index (χ1) is 9.77. The minimum atomic E-state index is 0.723. The van der Waals surface area contributed by atoms with Crippen molar-refractivity contribution in [3.05, 3.63) is 28.8 Å². The summed E-state index contributed by atoms with van der Waals surface area (Å²) in [6, 6.07) is 6.12. The van der Waals surface area contributed by atoms with Gasteiger partial charge in [-0.1, -0.05) is 76.0 Å². The molecule has 0 aliphatic rings. The highest BCUT2D eigenvalue weighted by Gasteiger charge is 2.01. The van der Waals surface area contributed by atoms with E-state index in [0.29, 0.717) is 0 Å². The van der Waals surface area contributed by atoms with E-state index in [1.807, 2.05) is 12.1 Å². The summed E-state index contributed by atoms with van der Waals surface area (Å²) < 4.78 is 5.17. The van der Waals surface area contributed by atoms with Crippen LogP contribution in [0.25, 0.3) is 0 Å². The van der Waals surface area contributed by atoms with E-state index in [9.17, 15) is 0 Å². The molecule has 1 aromatic rings. The van der Waals surface area contributed by atoms with E-state index in [1.54, 1.807) is 7.11 Å². The third-order valence-electron chi connectivity index (χ3n) is 3.79. The third kappa shape index (κ3) is 7.19. The second kappa shape index (κ2) is 11.0. The standard InChI is InChI=1S/C18H29ClO/c1-3-4-5-6-7-8-9-10-11-12-16-13-14-18(20-2)17(19)15-16/h13-15H,3-12H2,1-2H3. The summed E-state index contributed by atoms with van der Waals surface area (Å²) in [5.74, 6) is 0.766. The maximum absolute atomic E-state index is 6.13. The number of hydrogen-bond donors (Lipinski definition) is 0. The van der Waals surface area contributed by atoms with Crippen LogP contribution in [-0.2, 0) is 6.42 Å². The van der Waals surface area contributed by atoms with Crippen LogP contribution < -0.4 is 4.74 Å². The van der Waals surface area contributed by atoms with Crippen molar-refractivity contribution in [2.75, 3.05) is 7.11 Å². The van der Waals surface area contributed by atoms with Gasteiger partial charge >= 0.3 is 0 Å². The van der Waals surface area contributed by atoms with E-state index in [0.717, 1.165) is 17.2 Å². The fourth-order valence-electron chi connectivity index (χ4n) is 2.51. The lowest BCUT2D eigenvalue weighted by molar-refractivity contribution is 0.415. The van der Waals surface area contributed by atoms with Crippen LogP contribution in [0.2, 0.25) is 5.02 Å². The van der Waals surface area contributed by atoms with Crippen molar-refractivity contribution in [2.24, 2.45) is 0 Å². The lowest BCUT2D eigenvalue weighted by Gasteiger charge is -2.06. The van der Waals surface area contributed by atoms with Crippen LogP contribution in [0, 0.1) is 0 Å². The molecule has 0 heterocycles. The van der Waals surface area contributed by atoms with Crippen molar-refractivity contribution in [2.45, 2.75) is 71.1 Å². The molecule has 0 fully saturated rings. The quantitative estimate of drug-likeness (QED) is 0.428. The topological polar surface area (TPSA) is 9.23 Å². The molecule has 114 valence electrons. The molecule has 0 N–H and O–H groups in total. The van der Waals surface area contributed by atoms with Gasteiger partial charge in [-0.05, 0) is 30.5 Å². The summed E-state index contributed by atoms with van der Waals surface area (Å²) in [6.45, 7) is 2.27. The number of aryl methyl sites for hydroxylation is 1. The Balaban J connectivity index is 2.05. The van der Waals surface area contributed by atoms with Gasteiger partial charge in [0.15, 0.2) is 0 Å². The van der Waals surface area contributed by atoms with Crippen LogP contribution in [0.4, 0.5) is 0 Å². The molecule has 1 rings (SSSR count). The monoisotopic (exact) mass is 296 g/mol. The summed E-state index contributed by atoms with van der Waals surface area (Å²) in [4.78, 5) is 0. The zero-order chi connectivity index (χ0) is 14.6. The molecular weight excluding hydrogens is 268 g/mol. The fraction of sp³-hybridized carbons (Fsp3) is 0.667. The highest BCUT2D eigenvalue weighted by Crippen LogP contribution is 2.25. The van der Waals surface area contributed by atoms with Gasteiger partial charge in [0.05, 0.1) is 12.1 Å². The lowest BCUT2D eigenvalue weighted by atomic mass is 10.0. The Kier molecular flexibility index (Phi) is 9.57. The van der Waals surface area contributed by atoms with Crippen molar-refractivity contribution < 1.29 is 4.74 Å². The second-order valence-corrected chi connectivity index (χ2v) is 5.95. The molecule has 0 amide bonds. The van der Waals surface area contributed by atoms with E-state index in [-0.39, 0.29) is 0 Å². The molecule has 0 unspecified atom stereocenters. The van der Waals surface area contributed by atoms with Crippen LogP contribution >= 0.6 is 11.6 Å². The zero-order valence-corrected chi connectivity index (χ0v) is 13.8. The van der Waals surface area contributed by atoms with Crippen LogP contribution in [0.3, 0.4) is 0 Å². The van der Waals surface area contributed by atoms with Crippen LogP contribution in [-0.4, -0.2) is 7.11 Å². The molecule has 0 aliphatic heterocycles. The zero-order valence-electron chi connectivity index (χ0n) is 13.1. The number of unbranched alkanes of at least 4 members (excludes halogenated alkanes) is 8. The van der Waals surface area contributed by atoms with Gasteiger partial charge < -0.3 is 4.74 Å². The summed E-state index contributed by atoms with van der Waals surface area (Å²) in [7, 11) is 1.65. The Bertz CT molecular complexity index is 362. The summed E-state index contributed by atoms with van der Waals surface area (Å²) in [6.07, 6.45) is 13.5. The van der Waals surface area contributed by atoms with Crippen molar-refractivity contribution in [1.82, 2.24) is 0 Å². The third-order valence-corrected chi connectivity index (χ3v) is 4.08. The van der Waals surface area contributed by atoms with E-state index >= 15 is 0 Å². The van der Waals surface area contributed by atoms with Crippen LogP contribution in [0.15, 0.2) is 18.2 Å². The van der Waals surface area contributed by atoms with Gasteiger partial charge in [-0.3, -0.25) is 0 Å². The second-order valence-electron chi connectivity index (χ2n) is 5.55. The Labute approximate surface area is 129 Å². The molecule has 0 bridgehead atoms. The van der Waals surface area contributed by atoms with Gasteiger partial charge in [0, 0.05) is 0 Å². The molecule has 0 aliphatic carbocycles. The van der Waals surface area contributed by atoms with E-state index in [4.69, 9.17) is 16.3 Å². The van der Waals surface area contributed by atoms with Gasteiger partial charge in [0.25, 0.3) is 0 Å². The minimum absolute atomic E-state index is 0.723. The van der Waals surface area contributed by atoms with E-state index in [1.165, 1.54) is 63.4 Å². The van der Waals surface area contributed by atoms with E-state index in [2.05, 4.69) is 13.0 Å². The summed E-state index contributed by atoms with van der Waals surface area (Å²) in [5, 5.41) is 0.723. The molecule has 2 heteroatoms. The lowest BCUT2D eigenvalue weighted by Crippen LogP contribution is -1.89. The number of hydrogen-bond acceptors (Lipinski definition) is 1. The molecule has 0 aromatic heterocycles. The Morgan fingerprint density at radius 3 is 2.05 bits per heavy atom. The molecule has 1 aromatic carbocycles. The van der Waals surface area contributed by atoms with Crippen molar-refractivity contribution in [3.63, 3.8) is 0 Å². The largest absolute Gasteiger partial charge is 0.495 e. The first kappa shape index (κ1) is 17.4. The normalized spacial score (nSPS) is 10.8. The number of benzene rings is 1. The molecule has 0 radical (unpaired) electrons. The van der Waals surface area contributed by atoms with Crippen molar-refractivity contribution in [3.8, 4) is 5.75 Å². The number of rotatable bonds is 11. The summed E-state index contributed by atoms with van der Waals surface area (Å²) >= 11 is 6.13. The van der Waals surface area contributed by atoms with Crippen molar-refractivity contribution >= 4 is 11.6 Å². The van der Waals surface area contributed by atoms with Gasteiger partial charge in [-0.2, -0.15) is 0 Å². The fourth-order valence-corrected chi connectivity index (χ4v) is 2.79. The number of halogens is 1. The molecule has 0 saturated carbocycles. The smallest absolute Gasteiger partial charge is 0.137 e. The van der Waals surface area contributed by atoms with Crippen molar-refractivity contribution in [1.29, 1.82) is 0 Å². The molecule has 20 heavy (non-hydrogen) atoms. The Hall–Kier alpha value is -0.690. The molecular formula is C18H29ClO. The van der Waals surface area contributed by atoms with E-state index < -0.39 is 0 Å². The first-order valence-corrected chi connectivity index (χ1v) is 8.48. The first-order valence-electron chi connectivity index (χ1n) is 8.10. The van der Waals surface area contributed by atoms with Crippen LogP contribution in [0.5, 0.6) is 5.75 Å².